The molecule has 1 aliphatic rings. The molecule has 0 aliphatic heterocycles. The number of allylic oxidation sites excluding steroid dienone is 3. The topological polar surface area (TPSA) is 20.2 Å². The van der Waals surface area contributed by atoms with E-state index in [4.69, 9.17) is 5.11 Å². The molecule has 0 atom stereocenters. The number of aliphatic hydroxyl groups is 1. The molecule has 0 bridgehead atoms. The van der Waals surface area contributed by atoms with Gasteiger partial charge in [-0.15, -0.1) is 0 Å². The quantitative estimate of drug-likeness (QED) is 0.654. The zero-order valence-electron chi connectivity index (χ0n) is 7.32. The van der Waals surface area contributed by atoms with Gasteiger partial charge in [-0.2, -0.15) is 0 Å². The minimum atomic E-state index is 0.388. The summed E-state index contributed by atoms with van der Waals surface area (Å²) < 4.78 is 0.924. The summed E-state index contributed by atoms with van der Waals surface area (Å²) in [6.45, 7) is 6.02. The largest absolute Gasteiger partial charge is 0.507 e. The molecular weight excluding hydrogens is 204 g/mol. The van der Waals surface area contributed by atoms with Crippen molar-refractivity contribution in [2.45, 2.75) is 33.6 Å². The van der Waals surface area contributed by atoms with Crippen molar-refractivity contribution in [1.82, 2.24) is 0 Å². The smallest absolute Gasteiger partial charge is 0.125 e. The molecule has 0 amide bonds. The second-order valence-electron chi connectivity index (χ2n) is 2.28. The van der Waals surface area contributed by atoms with Crippen molar-refractivity contribution in [1.29, 1.82) is 0 Å². The van der Waals surface area contributed by atoms with Crippen LogP contribution < -0.4 is 0 Å². The molecule has 0 saturated carbocycles. The molecule has 0 aromatic rings. The Labute approximate surface area is 76.9 Å². The van der Waals surface area contributed by atoms with Crippen LogP contribution in [0.4, 0.5) is 0 Å². The minimum Gasteiger partial charge on any atom is -0.507 e. The van der Waals surface area contributed by atoms with Gasteiger partial charge in [0.05, 0.1) is 0 Å². The fourth-order valence-corrected chi connectivity index (χ4v) is 1.13. The van der Waals surface area contributed by atoms with Gasteiger partial charge in [0, 0.05) is 4.48 Å². The zero-order valence-corrected chi connectivity index (χ0v) is 8.90. The van der Waals surface area contributed by atoms with Gasteiger partial charge >= 0.3 is 0 Å². The first-order chi connectivity index (χ1) is 5.20. The highest BCUT2D eigenvalue weighted by Gasteiger charge is 2.06. The van der Waals surface area contributed by atoms with Crippen molar-refractivity contribution in [3.05, 3.63) is 21.9 Å². The molecule has 0 heterocycles. The van der Waals surface area contributed by atoms with E-state index in [9.17, 15) is 0 Å². The van der Waals surface area contributed by atoms with Crippen molar-refractivity contribution >= 4 is 15.9 Å². The van der Waals surface area contributed by atoms with E-state index < -0.39 is 0 Å². The molecule has 0 aromatic carbocycles. The second-order valence-corrected chi connectivity index (χ2v) is 3.24. The summed E-state index contributed by atoms with van der Waals surface area (Å²) in [5.41, 5.74) is 1.25. The Morgan fingerprint density at radius 3 is 2.27 bits per heavy atom. The average Bonchev–Trinajstić information content (AvgIpc) is 2.02. The van der Waals surface area contributed by atoms with Crippen LogP contribution >= 0.6 is 15.9 Å². The maximum atomic E-state index is 9.10. The lowest BCUT2D eigenvalue weighted by Crippen LogP contribution is -1.91. The average molecular weight is 219 g/mol. The Bertz CT molecular complexity index is 180. The molecule has 64 valence electrons. The van der Waals surface area contributed by atoms with Crippen LogP contribution in [-0.2, 0) is 0 Å². The Morgan fingerprint density at radius 1 is 1.36 bits per heavy atom. The summed E-state index contributed by atoms with van der Waals surface area (Å²) in [6, 6.07) is 0. The van der Waals surface area contributed by atoms with Crippen molar-refractivity contribution in [2.24, 2.45) is 0 Å². The van der Waals surface area contributed by atoms with E-state index in [1.54, 1.807) is 6.08 Å². The fraction of sp³-hybridized carbons (Fsp3) is 0.556. The first-order valence-corrected chi connectivity index (χ1v) is 4.74. The van der Waals surface area contributed by atoms with Crippen molar-refractivity contribution in [3.8, 4) is 0 Å². The van der Waals surface area contributed by atoms with E-state index in [0.29, 0.717) is 5.76 Å². The fourth-order valence-electron chi connectivity index (χ4n) is 0.819. The number of rotatable bonds is 0. The van der Waals surface area contributed by atoms with Gasteiger partial charge in [-0.25, -0.2) is 0 Å². The molecule has 0 aromatic heterocycles. The molecule has 0 spiro atoms. The summed E-state index contributed by atoms with van der Waals surface area (Å²) in [7, 11) is 0. The first kappa shape index (κ1) is 10.8. The van der Waals surface area contributed by atoms with Gasteiger partial charge in [0.1, 0.15) is 5.76 Å². The van der Waals surface area contributed by atoms with E-state index in [1.807, 2.05) is 20.8 Å². The molecule has 1 nitrogen and oxygen atoms in total. The molecule has 1 rings (SSSR count). The van der Waals surface area contributed by atoms with Crippen LogP contribution in [0.15, 0.2) is 21.9 Å². The summed E-state index contributed by atoms with van der Waals surface area (Å²) in [5, 5.41) is 9.10. The van der Waals surface area contributed by atoms with E-state index in [2.05, 4.69) is 15.9 Å². The van der Waals surface area contributed by atoms with Crippen LogP contribution in [-0.4, -0.2) is 5.11 Å². The molecule has 0 saturated heterocycles. The van der Waals surface area contributed by atoms with Crippen LogP contribution in [0.25, 0.3) is 0 Å². The van der Waals surface area contributed by atoms with Gasteiger partial charge < -0.3 is 5.11 Å². The molecule has 1 aliphatic carbocycles. The molecule has 11 heavy (non-hydrogen) atoms. The Balaban J connectivity index is 0.000000461. The van der Waals surface area contributed by atoms with Gasteiger partial charge in [0.2, 0.25) is 0 Å². The predicted octanol–water partition coefficient (Wildman–Crippen LogP) is 3.92. The third-order valence-electron chi connectivity index (χ3n) is 1.40. The van der Waals surface area contributed by atoms with Crippen molar-refractivity contribution < 1.29 is 5.11 Å². The molecule has 0 unspecified atom stereocenters. The van der Waals surface area contributed by atoms with E-state index in [-0.39, 0.29) is 0 Å². The van der Waals surface area contributed by atoms with Gasteiger partial charge in [-0.3, -0.25) is 0 Å². The lowest BCUT2D eigenvalue weighted by atomic mass is 10.1. The lowest BCUT2D eigenvalue weighted by molar-refractivity contribution is 0.424. The maximum Gasteiger partial charge on any atom is 0.125 e. The van der Waals surface area contributed by atoms with E-state index in [0.717, 1.165) is 17.3 Å². The molecule has 0 radical (unpaired) electrons. The normalized spacial score (nSPS) is 16.9. The monoisotopic (exact) mass is 218 g/mol. The summed E-state index contributed by atoms with van der Waals surface area (Å²) in [4.78, 5) is 0. The van der Waals surface area contributed by atoms with Crippen molar-refractivity contribution in [2.75, 3.05) is 0 Å². The number of hydrogen-bond acceptors (Lipinski definition) is 1. The number of halogens is 1. The summed E-state index contributed by atoms with van der Waals surface area (Å²) in [6.07, 6.45) is 3.80. The van der Waals surface area contributed by atoms with Crippen LogP contribution in [0.1, 0.15) is 33.6 Å². The van der Waals surface area contributed by atoms with Gasteiger partial charge in [-0.1, -0.05) is 35.4 Å². The second kappa shape index (κ2) is 5.42. The highest BCUT2D eigenvalue weighted by Crippen LogP contribution is 2.25. The SMILES string of the molecule is CC.CC1=CC(O)=C(Br)CC1. The molecule has 1 N–H and O–H groups in total. The third-order valence-corrected chi connectivity index (χ3v) is 2.20. The minimum absolute atomic E-state index is 0.388. The highest BCUT2D eigenvalue weighted by atomic mass is 79.9. The third kappa shape index (κ3) is 3.61. The number of hydrogen-bond donors (Lipinski definition) is 1. The molecular formula is C9H15BrO. The summed E-state index contributed by atoms with van der Waals surface area (Å²) in [5.74, 6) is 0.388. The van der Waals surface area contributed by atoms with Gasteiger partial charge in [0.25, 0.3) is 0 Å². The van der Waals surface area contributed by atoms with Crippen LogP contribution in [0.2, 0.25) is 0 Å². The first-order valence-electron chi connectivity index (χ1n) is 3.95. The number of aliphatic hydroxyl groups excluding tert-OH is 1. The lowest BCUT2D eigenvalue weighted by Gasteiger charge is -2.08. The molecule has 2 heteroatoms. The van der Waals surface area contributed by atoms with E-state index >= 15 is 0 Å². The highest BCUT2D eigenvalue weighted by molar-refractivity contribution is 9.11. The van der Waals surface area contributed by atoms with Crippen LogP contribution in [0.3, 0.4) is 0 Å². The Hall–Kier alpha value is -0.240. The van der Waals surface area contributed by atoms with Gasteiger partial charge in [0.15, 0.2) is 0 Å². The molecule has 0 fully saturated rings. The summed E-state index contributed by atoms with van der Waals surface area (Å²) >= 11 is 3.27. The predicted molar refractivity (Wildman–Crippen MR) is 52.9 cm³/mol. The zero-order chi connectivity index (χ0) is 8.85. The van der Waals surface area contributed by atoms with Gasteiger partial charge in [-0.05, 0) is 25.8 Å². The van der Waals surface area contributed by atoms with Crippen LogP contribution in [0.5, 0.6) is 0 Å². The Morgan fingerprint density at radius 2 is 1.91 bits per heavy atom. The maximum absolute atomic E-state index is 9.10. The van der Waals surface area contributed by atoms with E-state index in [1.165, 1.54) is 5.57 Å². The van der Waals surface area contributed by atoms with Crippen LogP contribution in [0, 0.1) is 0 Å². The standard InChI is InChI=1S/C7H9BrO.C2H6/c1-5-2-3-6(8)7(9)4-5;1-2/h4,9H,2-3H2,1H3;1-2H3. The van der Waals surface area contributed by atoms with Crippen molar-refractivity contribution in [3.63, 3.8) is 0 Å². The Kier molecular flexibility index (Phi) is 5.30.